The number of nitrogens with zero attached hydrogens (tertiary/aromatic N) is 1. The first-order chi connectivity index (χ1) is 9.32. The summed E-state index contributed by atoms with van der Waals surface area (Å²) in [6.07, 6.45) is 0.340. The van der Waals surface area contributed by atoms with Crippen LogP contribution < -0.4 is 5.73 Å². The van der Waals surface area contributed by atoms with E-state index in [0.717, 1.165) is 10.4 Å². The summed E-state index contributed by atoms with van der Waals surface area (Å²) in [5.41, 5.74) is 5.41. The number of nitrogens with two attached hydrogens (primary N) is 1. The van der Waals surface area contributed by atoms with Crippen molar-refractivity contribution in [1.82, 2.24) is 4.31 Å². The number of hydrogen-bond donors (Lipinski definition) is 3. The van der Waals surface area contributed by atoms with Gasteiger partial charge in [0.25, 0.3) is 0 Å². The van der Waals surface area contributed by atoms with Gasteiger partial charge in [0.05, 0.1) is 16.6 Å². The Labute approximate surface area is 116 Å². The highest BCUT2D eigenvalue weighted by Crippen LogP contribution is 2.25. The van der Waals surface area contributed by atoms with Crippen molar-refractivity contribution in [2.24, 2.45) is 0 Å². The Kier molecular flexibility index (Phi) is 3.98. The number of carbonyl (C=O) groups is 1. The first kappa shape index (κ1) is 14.8. The van der Waals surface area contributed by atoms with E-state index in [1.807, 2.05) is 0 Å². The normalized spacial score (nSPS) is 20.8. The van der Waals surface area contributed by atoms with Gasteiger partial charge in [0.2, 0.25) is 10.0 Å². The molecule has 7 nitrogen and oxygen atoms in total. The minimum Gasteiger partial charge on any atom is -0.478 e. The third-order valence-corrected chi connectivity index (χ3v) is 5.12. The number of aliphatic hydroxyl groups is 1. The standard InChI is InChI=1S/C12H16N2O5S/c13-8-3-4-10(12(16)17)11(6-8)20(18,19)14-5-1-2-9(15)7-14/h3-4,6,9,15H,1-2,5,7,13H2,(H,16,17). The molecule has 8 heteroatoms. The van der Waals surface area contributed by atoms with Crippen molar-refractivity contribution in [2.45, 2.75) is 23.8 Å². The van der Waals surface area contributed by atoms with Crippen LogP contribution in [0.25, 0.3) is 0 Å². The van der Waals surface area contributed by atoms with Gasteiger partial charge in [-0.2, -0.15) is 4.31 Å². The fraction of sp³-hybridized carbons (Fsp3) is 0.417. The summed E-state index contributed by atoms with van der Waals surface area (Å²) in [4.78, 5) is 10.8. The quantitative estimate of drug-likeness (QED) is 0.681. The molecule has 0 aromatic heterocycles. The van der Waals surface area contributed by atoms with Crippen LogP contribution in [0, 0.1) is 0 Å². The number of rotatable bonds is 3. The van der Waals surface area contributed by atoms with Crippen molar-refractivity contribution in [2.75, 3.05) is 18.8 Å². The molecule has 20 heavy (non-hydrogen) atoms. The van der Waals surface area contributed by atoms with E-state index in [0.29, 0.717) is 12.8 Å². The highest BCUT2D eigenvalue weighted by molar-refractivity contribution is 7.89. The Morgan fingerprint density at radius 2 is 2.10 bits per heavy atom. The van der Waals surface area contributed by atoms with Crippen molar-refractivity contribution in [3.63, 3.8) is 0 Å². The van der Waals surface area contributed by atoms with Gasteiger partial charge in [0, 0.05) is 18.8 Å². The molecular formula is C12H16N2O5S. The van der Waals surface area contributed by atoms with E-state index in [-0.39, 0.29) is 29.2 Å². The van der Waals surface area contributed by atoms with Gasteiger partial charge in [0.15, 0.2) is 0 Å². The summed E-state index contributed by atoms with van der Waals surface area (Å²) in [6, 6.07) is 3.65. The maximum absolute atomic E-state index is 12.5. The zero-order valence-electron chi connectivity index (χ0n) is 10.7. The zero-order chi connectivity index (χ0) is 14.9. The lowest BCUT2D eigenvalue weighted by molar-refractivity contribution is 0.0692. The van der Waals surface area contributed by atoms with Crippen LogP contribution >= 0.6 is 0 Å². The van der Waals surface area contributed by atoms with Gasteiger partial charge in [-0.3, -0.25) is 0 Å². The average Bonchev–Trinajstić information content (AvgIpc) is 2.38. The maximum atomic E-state index is 12.5. The minimum absolute atomic E-state index is 0.0316. The molecule has 1 fully saturated rings. The van der Waals surface area contributed by atoms with Gasteiger partial charge in [0.1, 0.15) is 0 Å². The lowest BCUT2D eigenvalue weighted by Gasteiger charge is -2.29. The van der Waals surface area contributed by atoms with Crippen LogP contribution in [-0.2, 0) is 10.0 Å². The molecule has 2 rings (SSSR count). The highest BCUT2D eigenvalue weighted by Gasteiger charge is 2.32. The number of β-amino-alcohol motifs (C(OH)–C–C–N with tert-alkyl or cyclic N) is 1. The second-order valence-corrected chi connectivity index (χ2v) is 6.63. The van der Waals surface area contributed by atoms with Gasteiger partial charge in [-0.25, -0.2) is 13.2 Å². The summed E-state index contributed by atoms with van der Waals surface area (Å²) in [5.74, 6) is -1.33. The molecular weight excluding hydrogens is 284 g/mol. The molecule has 0 radical (unpaired) electrons. The van der Waals surface area contributed by atoms with Crippen LogP contribution in [0.3, 0.4) is 0 Å². The smallest absolute Gasteiger partial charge is 0.337 e. The maximum Gasteiger partial charge on any atom is 0.337 e. The monoisotopic (exact) mass is 300 g/mol. The Morgan fingerprint density at radius 1 is 1.40 bits per heavy atom. The third kappa shape index (κ3) is 2.77. The molecule has 4 N–H and O–H groups in total. The van der Waals surface area contributed by atoms with Gasteiger partial charge < -0.3 is 15.9 Å². The summed E-state index contributed by atoms with van der Waals surface area (Å²) < 4.78 is 26.1. The minimum atomic E-state index is -3.98. The molecule has 1 aliphatic heterocycles. The largest absolute Gasteiger partial charge is 0.478 e. The number of aromatic carboxylic acids is 1. The van der Waals surface area contributed by atoms with E-state index in [9.17, 15) is 18.3 Å². The summed E-state index contributed by atoms with van der Waals surface area (Å²) in [5, 5.41) is 18.7. The van der Waals surface area contributed by atoms with Crippen molar-refractivity contribution in [3.8, 4) is 0 Å². The first-order valence-corrected chi connectivity index (χ1v) is 7.57. The van der Waals surface area contributed by atoms with Gasteiger partial charge in [-0.1, -0.05) is 0 Å². The fourth-order valence-corrected chi connectivity index (χ4v) is 3.94. The number of piperidine rings is 1. The number of sulfonamides is 1. The number of anilines is 1. The summed E-state index contributed by atoms with van der Waals surface area (Å²) in [7, 11) is -3.98. The number of hydrogen-bond acceptors (Lipinski definition) is 5. The lowest BCUT2D eigenvalue weighted by atomic mass is 10.1. The molecule has 0 bridgehead atoms. The van der Waals surface area contributed by atoms with Crippen LogP contribution in [-0.4, -0.2) is 48.1 Å². The van der Waals surface area contributed by atoms with Gasteiger partial charge in [-0.15, -0.1) is 0 Å². The molecule has 1 heterocycles. The summed E-state index contributed by atoms with van der Waals surface area (Å²) in [6.45, 7) is 0.226. The zero-order valence-corrected chi connectivity index (χ0v) is 11.5. The molecule has 1 aromatic carbocycles. The Balaban J connectivity index is 2.48. The number of benzene rings is 1. The molecule has 1 aliphatic rings. The van der Waals surface area contributed by atoms with E-state index in [2.05, 4.69) is 0 Å². The van der Waals surface area contributed by atoms with Crippen LogP contribution in [0.15, 0.2) is 23.1 Å². The summed E-state index contributed by atoms with van der Waals surface area (Å²) >= 11 is 0. The second kappa shape index (κ2) is 5.39. The molecule has 0 saturated carbocycles. The first-order valence-electron chi connectivity index (χ1n) is 6.13. The molecule has 1 aromatic rings. The van der Waals surface area contributed by atoms with E-state index in [1.54, 1.807) is 0 Å². The fourth-order valence-electron chi connectivity index (χ4n) is 2.21. The Morgan fingerprint density at radius 3 is 2.70 bits per heavy atom. The molecule has 1 saturated heterocycles. The van der Waals surface area contributed by atoms with Crippen molar-refractivity contribution < 1.29 is 23.4 Å². The number of nitrogen functional groups attached to an aromatic ring is 1. The van der Waals surface area contributed by atoms with Gasteiger partial charge in [-0.05, 0) is 31.0 Å². The van der Waals surface area contributed by atoms with E-state index in [4.69, 9.17) is 10.8 Å². The predicted octanol–water partition coefficient (Wildman–Crippen LogP) is 0.112. The van der Waals surface area contributed by atoms with Crippen LogP contribution in [0.5, 0.6) is 0 Å². The van der Waals surface area contributed by atoms with Crippen LogP contribution in [0.2, 0.25) is 0 Å². The van der Waals surface area contributed by atoms with Crippen molar-refractivity contribution in [3.05, 3.63) is 23.8 Å². The SMILES string of the molecule is Nc1ccc(C(=O)O)c(S(=O)(=O)N2CCCC(O)C2)c1. The Bertz CT molecular complexity index is 629. The molecule has 110 valence electrons. The number of carboxylic acids is 1. The second-order valence-electron chi connectivity index (χ2n) is 4.72. The van der Waals surface area contributed by atoms with Gasteiger partial charge >= 0.3 is 5.97 Å². The Hall–Kier alpha value is -1.64. The molecule has 0 amide bonds. The van der Waals surface area contributed by atoms with E-state index < -0.39 is 22.1 Å². The van der Waals surface area contributed by atoms with E-state index >= 15 is 0 Å². The number of aliphatic hydroxyl groups excluding tert-OH is 1. The topological polar surface area (TPSA) is 121 Å². The molecule has 0 spiro atoms. The molecule has 0 aliphatic carbocycles. The van der Waals surface area contributed by atoms with Crippen molar-refractivity contribution >= 4 is 21.7 Å². The highest BCUT2D eigenvalue weighted by atomic mass is 32.2. The molecule has 1 atom stereocenters. The van der Waals surface area contributed by atoms with E-state index in [1.165, 1.54) is 12.1 Å². The lowest BCUT2D eigenvalue weighted by Crippen LogP contribution is -2.42. The van der Waals surface area contributed by atoms with Crippen LogP contribution in [0.4, 0.5) is 5.69 Å². The number of carboxylic acid groups (broad SMARTS) is 1. The van der Waals surface area contributed by atoms with Crippen molar-refractivity contribution in [1.29, 1.82) is 0 Å². The third-order valence-electron chi connectivity index (χ3n) is 3.21. The molecule has 1 unspecified atom stereocenters. The predicted molar refractivity (Wildman–Crippen MR) is 71.8 cm³/mol. The average molecular weight is 300 g/mol. The van der Waals surface area contributed by atoms with Crippen LogP contribution in [0.1, 0.15) is 23.2 Å².